The largest absolute Gasteiger partial charge is 0.477 e. The first-order valence-electron chi connectivity index (χ1n) is 8.26. The van der Waals surface area contributed by atoms with E-state index in [2.05, 4.69) is 0 Å². The molecule has 0 atom stereocenters. The van der Waals surface area contributed by atoms with E-state index in [0.29, 0.717) is 5.56 Å². The third kappa shape index (κ3) is 4.00. The number of hydrogen-bond acceptors (Lipinski definition) is 5. The molecule has 26 heavy (non-hydrogen) atoms. The number of rotatable bonds is 6. The van der Waals surface area contributed by atoms with Crippen molar-refractivity contribution in [2.45, 2.75) is 6.92 Å². The van der Waals surface area contributed by atoms with Crippen molar-refractivity contribution < 1.29 is 23.8 Å². The van der Waals surface area contributed by atoms with Crippen LogP contribution >= 0.6 is 0 Å². The number of carbonyl (C=O) groups is 2. The van der Waals surface area contributed by atoms with Crippen LogP contribution in [0, 0.1) is 0 Å². The van der Waals surface area contributed by atoms with Gasteiger partial charge < -0.3 is 14.2 Å². The van der Waals surface area contributed by atoms with Gasteiger partial charge in [0.2, 0.25) is 0 Å². The van der Waals surface area contributed by atoms with Crippen molar-refractivity contribution in [3.63, 3.8) is 0 Å². The van der Waals surface area contributed by atoms with Crippen LogP contribution < -0.4 is 0 Å². The smallest absolute Gasteiger partial charge is 0.348 e. The maximum atomic E-state index is 12.4. The van der Waals surface area contributed by atoms with Gasteiger partial charge in [-0.05, 0) is 24.1 Å². The van der Waals surface area contributed by atoms with Gasteiger partial charge in [0.05, 0.1) is 6.61 Å². The molecule has 0 N–H and O–H groups in total. The Bertz CT molecular complexity index is 850. The van der Waals surface area contributed by atoms with E-state index in [9.17, 15) is 9.59 Å². The maximum Gasteiger partial charge on any atom is 0.348 e. The molecule has 0 aromatic heterocycles. The highest BCUT2D eigenvalue weighted by Gasteiger charge is 2.33. The molecule has 0 aliphatic carbocycles. The fourth-order valence-corrected chi connectivity index (χ4v) is 2.54. The summed E-state index contributed by atoms with van der Waals surface area (Å²) in [4.78, 5) is 24.1. The van der Waals surface area contributed by atoms with Crippen LogP contribution in [0.1, 0.15) is 18.1 Å². The maximum absolute atomic E-state index is 12.4. The molecule has 3 rings (SSSR count). The van der Waals surface area contributed by atoms with Crippen molar-refractivity contribution in [3.05, 3.63) is 83.3 Å². The second-order valence-corrected chi connectivity index (χ2v) is 5.47. The highest BCUT2D eigenvalue weighted by atomic mass is 16.6. The van der Waals surface area contributed by atoms with Crippen LogP contribution in [0.5, 0.6) is 0 Å². The second-order valence-electron chi connectivity index (χ2n) is 5.47. The molecule has 0 unspecified atom stereocenters. The minimum absolute atomic E-state index is 0.234. The Morgan fingerprint density at radius 2 is 1.69 bits per heavy atom. The molecule has 2 aromatic carbocycles. The van der Waals surface area contributed by atoms with Gasteiger partial charge in [0, 0.05) is 0 Å². The van der Waals surface area contributed by atoms with E-state index in [1.54, 1.807) is 25.1 Å². The van der Waals surface area contributed by atoms with Gasteiger partial charge >= 0.3 is 11.9 Å². The zero-order chi connectivity index (χ0) is 18.4. The fourth-order valence-electron chi connectivity index (χ4n) is 2.54. The van der Waals surface area contributed by atoms with Crippen LogP contribution in [0.2, 0.25) is 0 Å². The van der Waals surface area contributed by atoms with Gasteiger partial charge in [0.25, 0.3) is 0 Å². The summed E-state index contributed by atoms with van der Waals surface area (Å²) in [6, 6.07) is 18.5. The van der Waals surface area contributed by atoms with Crippen LogP contribution in [0.4, 0.5) is 0 Å². The Morgan fingerprint density at radius 1 is 1.04 bits per heavy atom. The molecule has 0 saturated heterocycles. The van der Waals surface area contributed by atoms with Crippen molar-refractivity contribution >= 4 is 23.6 Å². The lowest BCUT2D eigenvalue weighted by Gasteiger charge is -2.08. The first-order valence-corrected chi connectivity index (χ1v) is 8.26. The number of hydrogen-bond donors (Lipinski definition) is 0. The average Bonchev–Trinajstić information content (AvgIpc) is 2.96. The molecular formula is C21H18O5. The standard InChI is InChI=1S/C21H18O5/c1-2-24-18(22)14-25-20-17(13-15-9-5-3-6-10-15)26-21(23)19(20)16-11-7-4-8-12-16/h3-13H,2,14H2,1H3/b17-13+. The van der Waals surface area contributed by atoms with Crippen molar-refractivity contribution in [1.82, 2.24) is 0 Å². The molecule has 0 fully saturated rings. The molecule has 1 aliphatic rings. The van der Waals surface area contributed by atoms with Gasteiger partial charge in [-0.3, -0.25) is 0 Å². The second kappa shape index (κ2) is 8.16. The molecule has 0 spiro atoms. The third-order valence-corrected chi connectivity index (χ3v) is 3.66. The van der Waals surface area contributed by atoms with Gasteiger partial charge in [-0.25, -0.2) is 9.59 Å². The van der Waals surface area contributed by atoms with E-state index in [1.807, 2.05) is 48.5 Å². The lowest BCUT2D eigenvalue weighted by Crippen LogP contribution is -2.12. The summed E-state index contributed by atoms with van der Waals surface area (Å²) in [6.07, 6.45) is 1.70. The fraction of sp³-hybridized carbons (Fsp3) is 0.143. The summed E-state index contributed by atoms with van der Waals surface area (Å²) >= 11 is 0. The van der Waals surface area contributed by atoms with Gasteiger partial charge in [0.15, 0.2) is 18.1 Å². The van der Waals surface area contributed by atoms with E-state index in [-0.39, 0.29) is 30.3 Å². The van der Waals surface area contributed by atoms with Crippen molar-refractivity contribution in [2.24, 2.45) is 0 Å². The summed E-state index contributed by atoms with van der Waals surface area (Å²) in [5.74, 6) is -0.523. The van der Waals surface area contributed by atoms with Gasteiger partial charge in [-0.2, -0.15) is 0 Å². The van der Waals surface area contributed by atoms with E-state index < -0.39 is 11.9 Å². The Hall–Kier alpha value is -3.34. The highest BCUT2D eigenvalue weighted by molar-refractivity contribution is 6.21. The monoisotopic (exact) mass is 350 g/mol. The van der Waals surface area contributed by atoms with Gasteiger partial charge in [0.1, 0.15) is 5.57 Å². The number of carbonyl (C=O) groups excluding carboxylic acids is 2. The number of esters is 2. The van der Waals surface area contributed by atoms with E-state index >= 15 is 0 Å². The Balaban J connectivity index is 1.99. The zero-order valence-corrected chi connectivity index (χ0v) is 14.3. The first-order chi connectivity index (χ1) is 12.7. The number of ether oxygens (including phenoxy) is 3. The van der Waals surface area contributed by atoms with Gasteiger partial charge in [-0.1, -0.05) is 60.7 Å². The van der Waals surface area contributed by atoms with Crippen LogP contribution in [-0.4, -0.2) is 25.2 Å². The van der Waals surface area contributed by atoms with Crippen LogP contribution in [-0.2, 0) is 23.8 Å². The van der Waals surface area contributed by atoms with Gasteiger partial charge in [-0.15, -0.1) is 0 Å². The highest BCUT2D eigenvalue weighted by Crippen LogP contribution is 2.35. The molecule has 2 aromatic rings. The van der Waals surface area contributed by atoms with Crippen molar-refractivity contribution in [3.8, 4) is 0 Å². The SMILES string of the molecule is CCOC(=O)COC1=C(c2ccccc2)C(=O)O/C1=C/c1ccccc1. The third-order valence-electron chi connectivity index (χ3n) is 3.66. The van der Waals surface area contributed by atoms with E-state index in [1.165, 1.54) is 0 Å². The molecule has 0 saturated carbocycles. The van der Waals surface area contributed by atoms with E-state index in [4.69, 9.17) is 14.2 Å². The van der Waals surface area contributed by atoms with Crippen LogP contribution in [0.15, 0.2) is 72.2 Å². The zero-order valence-electron chi connectivity index (χ0n) is 14.3. The lowest BCUT2D eigenvalue weighted by molar-refractivity contribution is -0.146. The van der Waals surface area contributed by atoms with Crippen LogP contribution in [0.3, 0.4) is 0 Å². The minimum atomic E-state index is -0.516. The summed E-state index contributed by atoms with van der Waals surface area (Å²) < 4.78 is 15.9. The van der Waals surface area contributed by atoms with Crippen molar-refractivity contribution in [1.29, 1.82) is 0 Å². The molecule has 5 nitrogen and oxygen atoms in total. The Labute approximate surface area is 151 Å². The molecule has 0 bridgehead atoms. The number of cyclic esters (lactones) is 1. The topological polar surface area (TPSA) is 61.8 Å². The average molecular weight is 350 g/mol. The summed E-state index contributed by atoms with van der Waals surface area (Å²) in [5, 5.41) is 0. The van der Waals surface area contributed by atoms with Crippen LogP contribution in [0.25, 0.3) is 11.6 Å². The molecule has 1 heterocycles. The summed E-state index contributed by atoms with van der Waals surface area (Å²) in [5.41, 5.74) is 1.80. The Kier molecular flexibility index (Phi) is 5.49. The lowest BCUT2D eigenvalue weighted by atomic mass is 10.1. The first kappa shape index (κ1) is 17.5. The summed E-state index contributed by atoms with van der Waals surface area (Å²) in [6.45, 7) is 1.67. The normalized spacial score (nSPS) is 15.1. The molecular weight excluding hydrogens is 332 g/mol. The van der Waals surface area contributed by atoms with Crippen molar-refractivity contribution in [2.75, 3.05) is 13.2 Å². The predicted octanol–water partition coefficient (Wildman–Crippen LogP) is 3.58. The quantitative estimate of drug-likeness (QED) is 0.745. The molecule has 132 valence electrons. The molecule has 5 heteroatoms. The molecule has 1 aliphatic heterocycles. The molecule has 0 radical (unpaired) electrons. The molecule has 0 amide bonds. The summed E-state index contributed by atoms with van der Waals surface area (Å²) in [7, 11) is 0. The predicted molar refractivity (Wildman–Crippen MR) is 96.5 cm³/mol. The minimum Gasteiger partial charge on any atom is -0.477 e. The number of benzene rings is 2. The Morgan fingerprint density at radius 3 is 2.35 bits per heavy atom. The van der Waals surface area contributed by atoms with E-state index in [0.717, 1.165) is 5.56 Å².